The Kier molecular flexibility index (Phi) is 3.94. The third-order valence-corrected chi connectivity index (χ3v) is 3.95. The first-order valence-corrected chi connectivity index (χ1v) is 7.21. The molecule has 6 heteroatoms. The average Bonchev–Trinajstić information content (AvgIpc) is 3.05. The number of benzene rings is 1. The Balaban J connectivity index is 1.64. The fraction of sp³-hybridized carbons (Fsp3) is 0.438. The second-order valence-corrected chi connectivity index (χ2v) is 5.59. The van der Waals surface area contributed by atoms with Gasteiger partial charge in [-0.3, -0.25) is 4.90 Å². The van der Waals surface area contributed by atoms with Crippen LogP contribution in [0.15, 0.2) is 31.8 Å². The summed E-state index contributed by atoms with van der Waals surface area (Å²) in [6.45, 7) is 4.67. The van der Waals surface area contributed by atoms with E-state index >= 15 is 0 Å². The zero-order chi connectivity index (χ0) is 15.7. The monoisotopic (exact) mass is 305 g/mol. The van der Waals surface area contributed by atoms with Crippen LogP contribution in [0.1, 0.15) is 24.0 Å². The third kappa shape index (κ3) is 3.01. The Morgan fingerprint density at radius 3 is 2.73 bits per heavy atom. The zero-order valence-corrected chi connectivity index (χ0v) is 12.9. The molecular weight excluding hydrogens is 286 g/mol. The molecule has 118 valence electrons. The minimum absolute atomic E-state index is 0.264. The summed E-state index contributed by atoms with van der Waals surface area (Å²) in [7, 11) is 1.99. The Morgan fingerprint density at radius 1 is 1.23 bits per heavy atom. The number of likely N-dealkylation sites (N-methyl/N-ethyl adjacent to an activating group) is 1. The van der Waals surface area contributed by atoms with Crippen molar-refractivity contribution in [3.05, 3.63) is 45.9 Å². The number of hydrogen-bond donors (Lipinski definition) is 0. The maximum atomic E-state index is 11.1. The largest absolute Gasteiger partial charge is 0.519 e. The number of ether oxygens (including phenoxy) is 2. The minimum Gasteiger partial charge on any atom is -0.454 e. The fourth-order valence-corrected chi connectivity index (χ4v) is 2.47. The highest BCUT2D eigenvalue weighted by Gasteiger charge is 2.18. The number of aryl methyl sites for hydroxylation is 1. The van der Waals surface area contributed by atoms with E-state index in [9.17, 15) is 4.79 Å². The lowest BCUT2D eigenvalue weighted by atomic mass is 10.1. The molecule has 0 saturated heterocycles. The van der Waals surface area contributed by atoms with E-state index in [1.54, 1.807) is 6.92 Å². The van der Waals surface area contributed by atoms with Crippen LogP contribution in [0.25, 0.3) is 0 Å². The van der Waals surface area contributed by atoms with Crippen LogP contribution in [-0.4, -0.2) is 24.8 Å². The van der Waals surface area contributed by atoms with Crippen molar-refractivity contribution in [3.8, 4) is 11.5 Å². The zero-order valence-electron chi connectivity index (χ0n) is 12.9. The molecule has 2 aromatic rings. The first-order valence-electron chi connectivity index (χ1n) is 7.21. The molecular formula is C16H19NO5. The first-order chi connectivity index (χ1) is 10.5. The summed E-state index contributed by atoms with van der Waals surface area (Å²) in [5, 5.41) is 0. The van der Waals surface area contributed by atoms with E-state index in [2.05, 4.69) is 11.8 Å². The minimum atomic E-state index is -0.649. The van der Waals surface area contributed by atoms with Crippen LogP contribution in [0.2, 0.25) is 0 Å². The third-order valence-electron chi connectivity index (χ3n) is 3.95. The van der Waals surface area contributed by atoms with E-state index in [1.165, 1.54) is 5.56 Å². The van der Waals surface area contributed by atoms with Crippen molar-refractivity contribution in [2.45, 2.75) is 32.9 Å². The summed E-state index contributed by atoms with van der Waals surface area (Å²) in [5.74, 6) is 2.05. The van der Waals surface area contributed by atoms with Gasteiger partial charge in [0.05, 0.1) is 6.54 Å². The van der Waals surface area contributed by atoms with E-state index in [-0.39, 0.29) is 12.8 Å². The molecule has 3 rings (SSSR count). The molecule has 1 aromatic carbocycles. The van der Waals surface area contributed by atoms with E-state index in [1.807, 2.05) is 25.2 Å². The standard InChI is InChI=1S/C16H19NO5/c1-10(17(3)8-15-11(2)21-16(18)22-15)6-12-4-5-13-14(7-12)20-9-19-13/h4-5,7,10H,6,8-9H2,1-3H3. The Bertz CT molecular complexity index is 718. The van der Waals surface area contributed by atoms with Crippen LogP contribution >= 0.6 is 0 Å². The van der Waals surface area contributed by atoms with Crippen LogP contribution in [0.5, 0.6) is 11.5 Å². The van der Waals surface area contributed by atoms with Crippen molar-refractivity contribution >= 4 is 0 Å². The van der Waals surface area contributed by atoms with Gasteiger partial charge in [0.15, 0.2) is 17.3 Å². The highest BCUT2D eigenvalue weighted by Crippen LogP contribution is 2.33. The molecule has 22 heavy (non-hydrogen) atoms. The highest BCUT2D eigenvalue weighted by atomic mass is 16.7. The number of fused-ring (bicyclic) bond motifs is 1. The second kappa shape index (κ2) is 5.88. The van der Waals surface area contributed by atoms with Gasteiger partial charge in [-0.05, 0) is 45.0 Å². The Hall–Kier alpha value is -2.21. The lowest BCUT2D eigenvalue weighted by Crippen LogP contribution is -2.30. The molecule has 0 aliphatic carbocycles. The molecule has 2 heterocycles. The number of hydrogen-bond acceptors (Lipinski definition) is 6. The van der Waals surface area contributed by atoms with E-state index in [0.717, 1.165) is 17.9 Å². The van der Waals surface area contributed by atoms with Gasteiger partial charge in [0.25, 0.3) is 0 Å². The normalized spacial score (nSPS) is 14.5. The number of nitrogens with zero attached hydrogens (tertiary/aromatic N) is 1. The van der Waals surface area contributed by atoms with Gasteiger partial charge in [-0.1, -0.05) is 6.07 Å². The van der Waals surface area contributed by atoms with Gasteiger partial charge in [0, 0.05) is 6.04 Å². The topological polar surface area (TPSA) is 65.1 Å². The molecule has 1 aliphatic rings. The van der Waals surface area contributed by atoms with Crippen LogP contribution in [0.4, 0.5) is 0 Å². The molecule has 0 bridgehead atoms. The molecule has 1 aliphatic heterocycles. The summed E-state index contributed by atoms with van der Waals surface area (Å²) >= 11 is 0. The predicted octanol–water partition coefficient (Wildman–Crippen LogP) is 2.33. The van der Waals surface area contributed by atoms with Crippen molar-refractivity contribution < 1.29 is 18.3 Å². The van der Waals surface area contributed by atoms with Crippen molar-refractivity contribution in [3.63, 3.8) is 0 Å². The lowest BCUT2D eigenvalue weighted by molar-refractivity contribution is 0.174. The highest BCUT2D eigenvalue weighted by molar-refractivity contribution is 5.44. The molecule has 0 spiro atoms. The smallest absolute Gasteiger partial charge is 0.454 e. The van der Waals surface area contributed by atoms with Crippen molar-refractivity contribution in [1.29, 1.82) is 0 Å². The molecule has 0 amide bonds. The predicted molar refractivity (Wildman–Crippen MR) is 79.2 cm³/mol. The van der Waals surface area contributed by atoms with Crippen molar-refractivity contribution in [1.82, 2.24) is 4.90 Å². The van der Waals surface area contributed by atoms with Gasteiger partial charge in [-0.15, -0.1) is 0 Å². The lowest BCUT2D eigenvalue weighted by Gasteiger charge is -2.23. The van der Waals surface area contributed by atoms with Gasteiger partial charge in [-0.2, -0.15) is 0 Å². The summed E-state index contributed by atoms with van der Waals surface area (Å²) in [6, 6.07) is 6.25. The summed E-state index contributed by atoms with van der Waals surface area (Å²) in [5.41, 5.74) is 1.17. The van der Waals surface area contributed by atoms with Gasteiger partial charge < -0.3 is 18.3 Å². The molecule has 1 aromatic heterocycles. The summed E-state index contributed by atoms with van der Waals surface area (Å²) < 4.78 is 20.6. The Labute approximate surface area is 128 Å². The average molecular weight is 305 g/mol. The quantitative estimate of drug-likeness (QED) is 0.844. The van der Waals surface area contributed by atoms with Crippen LogP contribution < -0.4 is 15.3 Å². The molecule has 6 nitrogen and oxygen atoms in total. The Morgan fingerprint density at radius 2 is 2.00 bits per heavy atom. The summed E-state index contributed by atoms with van der Waals surface area (Å²) in [6.07, 6.45) is 0.855. The number of rotatable bonds is 5. The van der Waals surface area contributed by atoms with Gasteiger partial charge in [-0.25, -0.2) is 4.79 Å². The first kappa shape index (κ1) is 14.7. The molecule has 0 saturated carbocycles. The molecule has 1 unspecified atom stereocenters. The van der Waals surface area contributed by atoms with E-state index in [0.29, 0.717) is 18.1 Å². The van der Waals surface area contributed by atoms with Gasteiger partial charge >= 0.3 is 5.82 Å². The second-order valence-electron chi connectivity index (χ2n) is 5.59. The SMILES string of the molecule is Cc1oc(=O)oc1CN(C)C(C)Cc1ccc2c(c1)OCO2. The van der Waals surface area contributed by atoms with Crippen LogP contribution in [0.3, 0.4) is 0 Å². The van der Waals surface area contributed by atoms with Crippen LogP contribution in [0, 0.1) is 6.92 Å². The van der Waals surface area contributed by atoms with Crippen molar-refractivity contribution in [2.24, 2.45) is 0 Å². The maximum absolute atomic E-state index is 11.1. The fourth-order valence-electron chi connectivity index (χ4n) is 2.47. The van der Waals surface area contributed by atoms with Gasteiger partial charge in [0.1, 0.15) is 5.76 Å². The van der Waals surface area contributed by atoms with Crippen molar-refractivity contribution in [2.75, 3.05) is 13.8 Å². The van der Waals surface area contributed by atoms with Gasteiger partial charge in [0.2, 0.25) is 6.79 Å². The van der Waals surface area contributed by atoms with E-state index < -0.39 is 5.82 Å². The maximum Gasteiger partial charge on any atom is 0.519 e. The van der Waals surface area contributed by atoms with Crippen LogP contribution in [-0.2, 0) is 13.0 Å². The summed E-state index contributed by atoms with van der Waals surface area (Å²) in [4.78, 5) is 13.2. The molecule has 0 radical (unpaired) electrons. The molecule has 0 N–H and O–H groups in total. The van der Waals surface area contributed by atoms with E-state index in [4.69, 9.17) is 18.3 Å². The molecule has 0 fully saturated rings. The molecule has 1 atom stereocenters.